The van der Waals surface area contributed by atoms with Gasteiger partial charge in [-0.05, 0) is 18.6 Å². The van der Waals surface area contributed by atoms with E-state index in [0.717, 1.165) is 27.6 Å². The smallest absolute Gasteiger partial charge is 0.273 e. The van der Waals surface area contributed by atoms with E-state index in [4.69, 9.17) is 0 Å². The van der Waals surface area contributed by atoms with Crippen LogP contribution in [0.3, 0.4) is 0 Å². The lowest BCUT2D eigenvalue weighted by molar-refractivity contribution is 0.901. The molecule has 0 radical (unpaired) electrons. The van der Waals surface area contributed by atoms with Gasteiger partial charge in [0.15, 0.2) is 5.65 Å². The van der Waals surface area contributed by atoms with E-state index in [-0.39, 0.29) is 5.56 Å². The van der Waals surface area contributed by atoms with Crippen molar-refractivity contribution in [3.8, 4) is 21.3 Å². The number of thiophene rings is 1. The van der Waals surface area contributed by atoms with Crippen molar-refractivity contribution in [1.82, 2.24) is 24.6 Å². The molecule has 0 unspecified atom stereocenters. The summed E-state index contributed by atoms with van der Waals surface area (Å²) in [6.45, 7) is 2.04. The van der Waals surface area contributed by atoms with Gasteiger partial charge in [-0.15, -0.1) is 11.3 Å². The van der Waals surface area contributed by atoms with Crippen molar-refractivity contribution in [1.29, 1.82) is 0 Å². The Labute approximate surface area is 129 Å². The van der Waals surface area contributed by atoms with E-state index in [9.17, 15) is 4.79 Å². The van der Waals surface area contributed by atoms with Gasteiger partial charge in [0.05, 0.1) is 15.4 Å². The van der Waals surface area contributed by atoms with Gasteiger partial charge in [0.2, 0.25) is 0 Å². The van der Waals surface area contributed by atoms with Gasteiger partial charge < -0.3 is 4.98 Å². The first-order chi connectivity index (χ1) is 10.8. The summed E-state index contributed by atoms with van der Waals surface area (Å²) in [7, 11) is 0. The Morgan fingerprint density at radius 3 is 2.95 bits per heavy atom. The summed E-state index contributed by atoms with van der Waals surface area (Å²) in [4.78, 5) is 26.2. The minimum atomic E-state index is -0.104. The van der Waals surface area contributed by atoms with Crippen LogP contribution in [-0.4, -0.2) is 24.6 Å². The number of aromatic amines is 2. The molecule has 2 N–H and O–H groups in total. The van der Waals surface area contributed by atoms with Gasteiger partial charge in [0.25, 0.3) is 5.56 Å². The van der Waals surface area contributed by atoms with Crippen molar-refractivity contribution in [3.05, 3.63) is 52.7 Å². The largest absolute Gasteiger partial charge is 0.344 e. The van der Waals surface area contributed by atoms with E-state index in [2.05, 4.69) is 20.1 Å². The number of nitrogens with one attached hydrogen (secondary N) is 2. The Bertz CT molecular complexity index is 993. The summed E-state index contributed by atoms with van der Waals surface area (Å²) in [6.07, 6.45) is 6.17. The lowest BCUT2D eigenvalue weighted by Crippen LogP contribution is -2.14. The highest BCUT2D eigenvalue weighted by atomic mass is 32.1. The molecule has 0 fully saturated rings. The summed E-state index contributed by atoms with van der Waals surface area (Å²) in [6, 6.07) is 5.51. The molecule has 4 rings (SSSR count). The highest BCUT2D eigenvalue weighted by molar-refractivity contribution is 7.18. The van der Waals surface area contributed by atoms with Gasteiger partial charge in [-0.2, -0.15) is 0 Å². The second-order valence-electron chi connectivity index (χ2n) is 4.89. The summed E-state index contributed by atoms with van der Waals surface area (Å²) < 4.78 is 1.48. The molecule has 0 aliphatic rings. The molecule has 7 heteroatoms. The monoisotopic (exact) mass is 311 g/mol. The quantitative estimate of drug-likeness (QED) is 0.610. The van der Waals surface area contributed by atoms with Crippen LogP contribution in [-0.2, 0) is 6.42 Å². The van der Waals surface area contributed by atoms with Crippen LogP contribution in [0.15, 0.2) is 41.6 Å². The standard InChI is InChI=1S/C15H13N5OS/c1-2-9-8-18-20-13(21)7-10(19-15(9)20)11-3-4-12(22-11)14-16-5-6-17-14/h3-8,18H,2H2,1H3,(H,16,17). The Hall–Kier alpha value is -2.67. The first kappa shape index (κ1) is 13.0. The van der Waals surface area contributed by atoms with Crippen LogP contribution in [0.2, 0.25) is 0 Å². The fourth-order valence-corrected chi connectivity index (χ4v) is 3.35. The van der Waals surface area contributed by atoms with E-state index in [0.29, 0.717) is 11.3 Å². The van der Waals surface area contributed by atoms with Crippen LogP contribution in [0.4, 0.5) is 0 Å². The number of nitrogens with zero attached hydrogens (tertiary/aromatic N) is 3. The molecule has 0 bridgehead atoms. The Kier molecular flexibility index (Phi) is 2.93. The molecule has 110 valence electrons. The van der Waals surface area contributed by atoms with Crippen molar-refractivity contribution in [2.24, 2.45) is 0 Å². The van der Waals surface area contributed by atoms with Crippen LogP contribution in [0, 0.1) is 0 Å². The summed E-state index contributed by atoms with van der Waals surface area (Å²) in [5, 5.41) is 2.94. The van der Waals surface area contributed by atoms with Crippen molar-refractivity contribution < 1.29 is 0 Å². The average Bonchev–Trinajstić information content (AvgIpc) is 3.26. The molecule has 4 aromatic heterocycles. The number of rotatable bonds is 3. The molecule has 0 spiro atoms. The van der Waals surface area contributed by atoms with Crippen LogP contribution in [0.1, 0.15) is 12.5 Å². The molecule has 0 saturated carbocycles. The lowest BCUT2D eigenvalue weighted by Gasteiger charge is -1.99. The Morgan fingerprint density at radius 1 is 1.32 bits per heavy atom. The third-order valence-corrected chi connectivity index (χ3v) is 4.66. The predicted molar refractivity (Wildman–Crippen MR) is 86.1 cm³/mol. The maximum atomic E-state index is 12.2. The third kappa shape index (κ3) is 1.98. The van der Waals surface area contributed by atoms with Crippen LogP contribution >= 0.6 is 11.3 Å². The van der Waals surface area contributed by atoms with Crippen LogP contribution in [0.5, 0.6) is 0 Å². The van der Waals surface area contributed by atoms with Gasteiger partial charge in [0.1, 0.15) is 5.82 Å². The SMILES string of the molecule is CCc1c[nH]n2c(=O)cc(-c3ccc(-c4ncc[nH]4)s3)nc12. The Morgan fingerprint density at radius 2 is 2.18 bits per heavy atom. The molecule has 0 saturated heterocycles. The van der Waals surface area contributed by atoms with E-state index in [1.807, 2.05) is 25.3 Å². The molecule has 6 nitrogen and oxygen atoms in total. The first-order valence-electron chi connectivity index (χ1n) is 6.96. The predicted octanol–water partition coefficient (Wildman–Crippen LogP) is 2.70. The summed E-state index contributed by atoms with van der Waals surface area (Å²) in [5.74, 6) is 0.824. The summed E-state index contributed by atoms with van der Waals surface area (Å²) in [5.41, 5.74) is 2.31. The molecule has 0 aliphatic heterocycles. The number of fused-ring (bicyclic) bond motifs is 1. The second-order valence-corrected chi connectivity index (χ2v) is 5.98. The zero-order chi connectivity index (χ0) is 15.1. The second kappa shape index (κ2) is 4.96. The molecule has 4 heterocycles. The molecular formula is C15H13N5OS. The number of aryl methyl sites for hydroxylation is 1. The minimum Gasteiger partial charge on any atom is -0.344 e. The zero-order valence-corrected chi connectivity index (χ0v) is 12.6. The third-order valence-electron chi connectivity index (χ3n) is 3.54. The number of hydrogen-bond acceptors (Lipinski definition) is 4. The number of hydrogen-bond donors (Lipinski definition) is 2. The minimum absolute atomic E-state index is 0.104. The normalized spacial score (nSPS) is 11.3. The molecule has 0 aromatic carbocycles. The fraction of sp³-hybridized carbons (Fsp3) is 0.133. The molecule has 0 atom stereocenters. The van der Waals surface area contributed by atoms with Gasteiger partial charge >= 0.3 is 0 Å². The van der Waals surface area contributed by atoms with Crippen LogP contribution < -0.4 is 5.56 Å². The highest BCUT2D eigenvalue weighted by Gasteiger charge is 2.12. The maximum Gasteiger partial charge on any atom is 0.273 e. The van der Waals surface area contributed by atoms with Crippen molar-refractivity contribution in [2.75, 3.05) is 0 Å². The number of H-pyrrole nitrogens is 2. The first-order valence-corrected chi connectivity index (χ1v) is 7.78. The van der Waals surface area contributed by atoms with E-state index < -0.39 is 0 Å². The zero-order valence-electron chi connectivity index (χ0n) is 11.8. The van der Waals surface area contributed by atoms with E-state index >= 15 is 0 Å². The van der Waals surface area contributed by atoms with E-state index in [1.165, 1.54) is 4.52 Å². The molecular weight excluding hydrogens is 298 g/mol. The van der Waals surface area contributed by atoms with Gasteiger partial charge in [0, 0.05) is 30.2 Å². The van der Waals surface area contributed by atoms with E-state index in [1.54, 1.807) is 29.8 Å². The maximum absolute atomic E-state index is 12.2. The molecule has 4 aromatic rings. The summed E-state index contributed by atoms with van der Waals surface area (Å²) >= 11 is 1.56. The van der Waals surface area contributed by atoms with Crippen molar-refractivity contribution in [3.63, 3.8) is 0 Å². The number of imidazole rings is 1. The molecule has 0 aliphatic carbocycles. The van der Waals surface area contributed by atoms with Gasteiger partial charge in [-0.25, -0.2) is 14.5 Å². The van der Waals surface area contributed by atoms with Crippen molar-refractivity contribution >= 4 is 17.0 Å². The van der Waals surface area contributed by atoms with Gasteiger partial charge in [-0.1, -0.05) is 6.92 Å². The highest BCUT2D eigenvalue weighted by Crippen LogP contribution is 2.31. The lowest BCUT2D eigenvalue weighted by atomic mass is 10.2. The Balaban J connectivity index is 1.86. The average molecular weight is 311 g/mol. The van der Waals surface area contributed by atoms with Crippen LogP contribution in [0.25, 0.3) is 26.9 Å². The number of aromatic nitrogens is 5. The molecule has 0 amide bonds. The topological polar surface area (TPSA) is 78.8 Å². The fourth-order valence-electron chi connectivity index (χ4n) is 2.42. The molecule has 22 heavy (non-hydrogen) atoms. The van der Waals surface area contributed by atoms with Gasteiger partial charge in [-0.3, -0.25) is 9.89 Å². The van der Waals surface area contributed by atoms with Crippen molar-refractivity contribution in [2.45, 2.75) is 13.3 Å².